The number of hydrogen-bond acceptors (Lipinski definition) is 4. The number of rotatable bonds is 3. The Labute approximate surface area is 85.1 Å². The molecule has 0 heterocycles. The lowest BCUT2D eigenvalue weighted by molar-refractivity contribution is 0.0665. The quantitative estimate of drug-likeness (QED) is 0.749. The van der Waals surface area contributed by atoms with Gasteiger partial charge in [-0.05, 0) is 12.1 Å². The van der Waals surface area contributed by atoms with Gasteiger partial charge in [0.05, 0.1) is 11.1 Å². The zero-order valence-corrected chi connectivity index (χ0v) is 8.34. The zero-order chi connectivity index (χ0) is 11.4. The van der Waals surface area contributed by atoms with Crippen molar-refractivity contribution >= 4 is 20.2 Å². The first-order chi connectivity index (χ1) is 7.02. The SMILES string of the molecule is O=C(O)c1ccccc1C(=O)O[PH](=O)O. The molecule has 80 valence electrons. The minimum atomic E-state index is -3.42. The van der Waals surface area contributed by atoms with Crippen LogP contribution in [0.1, 0.15) is 20.7 Å². The van der Waals surface area contributed by atoms with Crippen molar-refractivity contribution in [3.05, 3.63) is 35.4 Å². The summed E-state index contributed by atoms with van der Waals surface area (Å²) in [6, 6.07) is 5.27. The Bertz CT molecular complexity index is 427. The lowest BCUT2D eigenvalue weighted by atomic mass is 10.1. The van der Waals surface area contributed by atoms with Crippen molar-refractivity contribution in [2.24, 2.45) is 0 Å². The maximum absolute atomic E-state index is 11.2. The largest absolute Gasteiger partial charge is 0.478 e. The monoisotopic (exact) mass is 230 g/mol. The number of hydrogen-bond donors (Lipinski definition) is 2. The number of carbonyl (C=O) groups is 2. The molecular formula is C8H7O6P. The van der Waals surface area contributed by atoms with Crippen molar-refractivity contribution in [2.45, 2.75) is 0 Å². The molecule has 0 radical (unpaired) electrons. The minimum absolute atomic E-state index is 0.252. The molecule has 0 amide bonds. The van der Waals surface area contributed by atoms with Gasteiger partial charge in [-0.2, -0.15) is 0 Å². The fourth-order valence-electron chi connectivity index (χ4n) is 0.982. The maximum Gasteiger partial charge on any atom is 0.367 e. The molecule has 1 aromatic carbocycles. The zero-order valence-electron chi connectivity index (χ0n) is 7.34. The lowest BCUT2D eigenvalue weighted by Crippen LogP contribution is -2.08. The Kier molecular flexibility index (Phi) is 3.60. The Morgan fingerprint density at radius 1 is 1.20 bits per heavy atom. The number of benzene rings is 1. The molecule has 0 aliphatic rings. The van der Waals surface area contributed by atoms with Crippen molar-refractivity contribution in [3.63, 3.8) is 0 Å². The topological polar surface area (TPSA) is 101 Å². The van der Waals surface area contributed by atoms with Crippen LogP contribution in [0.3, 0.4) is 0 Å². The van der Waals surface area contributed by atoms with Gasteiger partial charge in [0.1, 0.15) is 0 Å². The van der Waals surface area contributed by atoms with Gasteiger partial charge in [-0.3, -0.25) is 0 Å². The van der Waals surface area contributed by atoms with E-state index in [2.05, 4.69) is 4.52 Å². The molecule has 1 atom stereocenters. The van der Waals surface area contributed by atoms with Crippen molar-refractivity contribution in [1.29, 1.82) is 0 Å². The van der Waals surface area contributed by atoms with Gasteiger partial charge >= 0.3 is 20.2 Å². The number of aromatic carboxylic acids is 1. The molecule has 15 heavy (non-hydrogen) atoms. The van der Waals surface area contributed by atoms with Crippen LogP contribution >= 0.6 is 8.25 Å². The molecule has 0 saturated carbocycles. The summed E-state index contributed by atoms with van der Waals surface area (Å²) < 4.78 is 14.3. The van der Waals surface area contributed by atoms with E-state index in [-0.39, 0.29) is 11.1 Å². The first-order valence-corrected chi connectivity index (χ1v) is 5.06. The standard InChI is InChI=1S/C8H7O6P/c9-7(10)5-3-1-2-4-6(5)8(11)14-15(12)13/h1-4,15H,(H,9,10)(H,12,13). The van der Waals surface area contributed by atoms with E-state index in [0.717, 1.165) is 0 Å². The van der Waals surface area contributed by atoms with Crippen LogP contribution in [0.25, 0.3) is 0 Å². The minimum Gasteiger partial charge on any atom is -0.478 e. The van der Waals surface area contributed by atoms with Crippen LogP contribution in [0.4, 0.5) is 0 Å². The van der Waals surface area contributed by atoms with Crippen molar-refractivity contribution in [3.8, 4) is 0 Å². The van der Waals surface area contributed by atoms with Gasteiger partial charge in [0, 0.05) is 0 Å². The molecule has 7 heteroatoms. The van der Waals surface area contributed by atoms with Gasteiger partial charge in [0.15, 0.2) is 0 Å². The second-order valence-corrected chi connectivity index (χ2v) is 3.24. The van der Waals surface area contributed by atoms with Gasteiger partial charge in [-0.1, -0.05) is 12.1 Å². The molecular weight excluding hydrogens is 223 g/mol. The molecule has 2 N–H and O–H groups in total. The summed E-state index contributed by atoms with van der Waals surface area (Å²) in [5.41, 5.74) is -0.525. The van der Waals surface area contributed by atoms with Crippen molar-refractivity contribution < 1.29 is 28.7 Å². The van der Waals surface area contributed by atoms with Crippen LogP contribution in [0.15, 0.2) is 24.3 Å². The van der Waals surface area contributed by atoms with E-state index in [0.29, 0.717) is 0 Å². The van der Waals surface area contributed by atoms with Crippen molar-refractivity contribution in [2.75, 3.05) is 0 Å². The second-order valence-electron chi connectivity index (χ2n) is 2.51. The first kappa shape index (κ1) is 11.4. The molecule has 0 aliphatic heterocycles. The third kappa shape index (κ3) is 2.90. The third-order valence-corrected chi connectivity index (χ3v) is 1.92. The maximum atomic E-state index is 11.2. The Hall–Kier alpha value is -1.65. The molecule has 6 nitrogen and oxygen atoms in total. The molecule has 0 bridgehead atoms. The van der Waals surface area contributed by atoms with Gasteiger partial charge in [-0.25, -0.2) is 14.2 Å². The molecule has 1 aromatic rings. The molecule has 0 aliphatic carbocycles. The van der Waals surface area contributed by atoms with E-state index in [1.165, 1.54) is 24.3 Å². The van der Waals surface area contributed by atoms with E-state index in [9.17, 15) is 14.2 Å². The molecule has 0 fully saturated rings. The average Bonchev–Trinajstić information content (AvgIpc) is 2.16. The van der Waals surface area contributed by atoms with Crippen LogP contribution in [0.5, 0.6) is 0 Å². The number of carbonyl (C=O) groups excluding carboxylic acids is 1. The van der Waals surface area contributed by atoms with E-state index in [1.807, 2.05) is 0 Å². The highest BCUT2D eigenvalue weighted by molar-refractivity contribution is 7.32. The van der Waals surface area contributed by atoms with Gasteiger partial charge < -0.3 is 14.5 Å². The van der Waals surface area contributed by atoms with Crippen LogP contribution in [-0.4, -0.2) is 21.9 Å². The summed E-state index contributed by atoms with van der Waals surface area (Å²) in [5, 5.41) is 8.71. The Balaban J connectivity index is 3.08. The summed E-state index contributed by atoms with van der Waals surface area (Å²) in [5.74, 6) is -2.43. The Morgan fingerprint density at radius 3 is 2.20 bits per heavy atom. The van der Waals surface area contributed by atoms with Crippen molar-refractivity contribution in [1.82, 2.24) is 0 Å². The summed E-state index contributed by atoms with van der Waals surface area (Å²) in [4.78, 5) is 30.2. The summed E-state index contributed by atoms with van der Waals surface area (Å²) in [6.07, 6.45) is 0. The first-order valence-electron chi connectivity index (χ1n) is 3.80. The second kappa shape index (κ2) is 4.72. The normalized spacial score (nSPS) is 11.8. The predicted octanol–water partition coefficient (Wildman–Crippen LogP) is 0.924. The molecule has 0 spiro atoms. The average molecular weight is 230 g/mol. The highest BCUT2D eigenvalue weighted by atomic mass is 31.1. The Morgan fingerprint density at radius 2 is 1.73 bits per heavy atom. The summed E-state index contributed by atoms with van der Waals surface area (Å²) in [7, 11) is -3.42. The smallest absolute Gasteiger partial charge is 0.367 e. The van der Waals surface area contributed by atoms with Gasteiger partial charge in [0.2, 0.25) is 0 Å². The highest BCUT2D eigenvalue weighted by Gasteiger charge is 2.17. The molecule has 1 unspecified atom stereocenters. The number of carboxylic acid groups (broad SMARTS) is 1. The predicted molar refractivity (Wildman–Crippen MR) is 50.0 cm³/mol. The van der Waals surface area contributed by atoms with E-state index >= 15 is 0 Å². The van der Waals surface area contributed by atoms with Gasteiger partial charge in [-0.15, -0.1) is 0 Å². The lowest BCUT2D eigenvalue weighted by Gasteiger charge is -2.03. The molecule has 0 saturated heterocycles. The summed E-state index contributed by atoms with van der Waals surface area (Å²) >= 11 is 0. The van der Waals surface area contributed by atoms with E-state index in [4.69, 9.17) is 10.00 Å². The van der Waals surface area contributed by atoms with Crippen LogP contribution in [-0.2, 0) is 9.09 Å². The van der Waals surface area contributed by atoms with Gasteiger partial charge in [0.25, 0.3) is 0 Å². The van der Waals surface area contributed by atoms with Crippen LogP contribution in [0, 0.1) is 0 Å². The molecule has 0 aromatic heterocycles. The summed E-state index contributed by atoms with van der Waals surface area (Å²) in [6.45, 7) is 0. The van der Waals surface area contributed by atoms with E-state index in [1.54, 1.807) is 0 Å². The van der Waals surface area contributed by atoms with E-state index < -0.39 is 20.2 Å². The highest BCUT2D eigenvalue weighted by Crippen LogP contribution is 2.20. The fourth-order valence-corrected chi connectivity index (χ4v) is 1.25. The molecule has 1 rings (SSSR count). The third-order valence-electron chi connectivity index (χ3n) is 1.56. The fraction of sp³-hybridized carbons (Fsp3) is 0. The van der Waals surface area contributed by atoms with Crippen LogP contribution < -0.4 is 0 Å². The number of carboxylic acids is 1. The van der Waals surface area contributed by atoms with Crippen LogP contribution in [0.2, 0.25) is 0 Å².